The van der Waals surface area contributed by atoms with Crippen LogP contribution in [0.3, 0.4) is 0 Å². The minimum atomic E-state index is 0.654. The van der Waals surface area contributed by atoms with Crippen molar-refractivity contribution in [1.82, 2.24) is 15.0 Å². The summed E-state index contributed by atoms with van der Waals surface area (Å²) < 4.78 is 11.8. The molecule has 0 saturated heterocycles. The lowest BCUT2D eigenvalue weighted by atomic mass is 9.93. The largest absolute Gasteiger partial charge is 0.455 e. The predicted molar refractivity (Wildman–Crippen MR) is 240 cm³/mol. The van der Waals surface area contributed by atoms with Gasteiger partial charge in [0.05, 0.1) is 0 Å². The second kappa shape index (κ2) is 12.8. The summed E-state index contributed by atoms with van der Waals surface area (Å²) >= 11 is 3.65. The molecule has 8 aromatic carbocycles. The van der Waals surface area contributed by atoms with E-state index in [1.807, 2.05) is 72.0 Å². The number of hydrogen-bond donors (Lipinski definition) is 0. The average molecular weight is 764 g/mol. The highest BCUT2D eigenvalue weighted by Gasteiger charge is 2.21. The van der Waals surface area contributed by atoms with Crippen molar-refractivity contribution in [2.75, 3.05) is 0 Å². The predicted octanol–water partition coefficient (Wildman–Crippen LogP) is 14.8. The van der Waals surface area contributed by atoms with E-state index in [-0.39, 0.29) is 0 Å². The summed E-state index contributed by atoms with van der Waals surface area (Å²) in [6, 6.07) is 61.9. The quantitative estimate of drug-likeness (QED) is 0.175. The Bertz CT molecular complexity index is 3470. The van der Waals surface area contributed by atoms with Crippen molar-refractivity contribution in [2.45, 2.75) is 0 Å². The molecule has 0 aliphatic heterocycles. The molecule has 57 heavy (non-hydrogen) atoms. The smallest absolute Gasteiger partial charge is 0.164 e. The van der Waals surface area contributed by atoms with Gasteiger partial charge in [-0.1, -0.05) is 146 Å². The van der Waals surface area contributed by atoms with Gasteiger partial charge in [-0.3, -0.25) is 0 Å². The van der Waals surface area contributed by atoms with Crippen LogP contribution in [0.1, 0.15) is 0 Å². The van der Waals surface area contributed by atoms with Gasteiger partial charge >= 0.3 is 0 Å². The number of thiophene rings is 2. The van der Waals surface area contributed by atoms with Crippen molar-refractivity contribution in [3.05, 3.63) is 176 Å². The fraction of sp³-hybridized carbons (Fsp3) is 0. The van der Waals surface area contributed by atoms with Crippen molar-refractivity contribution in [2.24, 2.45) is 0 Å². The van der Waals surface area contributed by atoms with Crippen LogP contribution in [0.25, 0.3) is 119 Å². The highest BCUT2D eigenvalue weighted by molar-refractivity contribution is 7.26. The Kier molecular flexibility index (Phi) is 7.24. The molecular formula is C51H29N3OS2. The lowest BCUT2D eigenvalue weighted by molar-refractivity contribution is 0.670. The Morgan fingerprint density at radius 2 is 0.982 bits per heavy atom. The third-order valence-electron chi connectivity index (χ3n) is 11.0. The third-order valence-corrected chi connectivity index (χ3v) is 13.3. The second-order valence-corrected chi connectivity index (χ2v) is 16.4. The number of nitrogens with zero attached hydrogens (tertiary/aromatic N) is 3. The number of benzene rings is 8. The molecule has 12 rings (SSSR count). The number of rotatable bonds is 5. The standard InChI is InChI=1S/C51H29N3OS2/c1-3-13-30(14-4-1)49-52-50(31-15-5-2-6-16-31)54-51(53-49)40-21-12-24-43-45(40)39-26-25-32(29-44(39)56-43)33-27-28-35(47-46(33)38-18-7-9-22-41(38)55-47)37-20-11-19-36-34-17-8-10-23-42(34)57-48(36)37/h1-29H. The first kappa shape index (κ1) is 32.3. The van der Waals surface area contributed by atoms with Gasteiger partial charge < -0.3 is 4.42 Å². The summed E-state index contributed by atoms with van der Waals surface area (Å²) in [6.45, 7) is 0. The molecular weight excluding hydrogens is 735 g/mol. The summed E-state index contributed by atoms with van der Waals surface area (Å²) in [4.78, 5) is 15.1. The fourth-order valence-corrected chi connectivity index (χ4v) is 10.8. The SMILES string of the molecule is c1ccc(-c2nc(-c3ccccc3)nc(-c3cccc4sc5cc(-c6ccc(-c7cccc8c7sc7ccccc78)c7oc8ccccc8c67)ccc5c34)n2)cc1. The van der Waals surface area contributed by atoms with E-state index >= 15 is 0 Å². The first-order valence-corrected chi connectivity index (χ1v) is 20.6. The van der Waals surface area contributed by atoms with Crippen LogP contribution >= 0.6 is 22.7 Å². The molecule has 0 saturated carbocycles. The fourth-order valence-electron chi connectivity index (χ4n) is 8.35. The van der Waals surface area contributed by atoms with Crippen LogP contribution in [-0.4, -0.2) is 15.0 Å². The number of aromatic nitrogens is 3. The zero-order valence-corrected chi connectivity index (χ0v) is 31.9. The van der Waals surface area contributed by atoms with E-state index in [0.717, 1.165) is 60.7 Å². The molecule has 0 unspecified atom stereocenters. The lowest BCUT2D eigenvalue weighted by Crippen LogP contribution is -2.00. The van der Waals surface area contributed by atoms with Crippen LogP contribution in [-0.2, 0) is 0 Å². The average Bonchev–Trinajstić information content (AvgIpc) is 3.98. The first-order valence-electron chi connectivity index (χ1n) is 18.9. The number of furan rings is 1. The molecule has 0 bridgehead atoms. The van der Waals surface area contributed by atoms with E-state index in [0.29, 0.717) is 17.5 Å². The van der Waals surface area contributed by atoms with E-state index in [4.69, 9.17) is 19.4 Å². The summed E-state index contributed by atoms with van der Waals surface area (Å²) in [5.74, 6) is 1.97. The minimum absolute atomic E-state index is 0.654. The maximum atomic E-state index is 6.79. The maximum absolute atomic E-state index is 6.79. The summed E-state index contributed by atoms with van der Waals surface area (Å²) in [5.41, 5.74) is 9.31. The normalized spacial score (nSPS) is 11.9. The van der Waals surface area contributed by atoms with Crippen LogP contribution in [0.2, 0.25) is 0 Å². The van der Waals surface area contributed by atoms with Crippen LogP contribution in [0.4, 0.5) is 0 Å². The van der Waals surface area contributed by atoms with Gasteiger partial charge in [0, 0.05) is 78.9 Å². The van der Waals surface area contributed by atoms with E-state index < -0.39 is 0 Å². The Balaban J connectivity index is 1.04. The summed E-state index contributed by atoms with van der Waals surface area (Å²) in [7, 11) is 0. The topological polar surface area (TPSA) is 51.8 Å². The molecule has 0 N–H and O–H groups in total. The number of para-hydroxylation sites is 1. The van der Waals surface area contributed by atoms with Crippen molar-refractivity contribution in [3.8, 4) is 56.4 Å². The van der Waals surface area contributed by atoms with Gasteiger partial charge in [0.15, 0.2) is 17.5 Å². The molecule has 0 spiro atoms. The maximum Gasteiger partial charge on any atom is 0.164 e. The van der Waals surface area contributed by atoms with Gasteiger partial charge in [0.1, 0.15) is 11.2 Å². The van der Waals surface area contributed by atoms with Crippen LogP contribution < -0.4 is 0 Å². The summed E-state index contributed by atoms with van der Waals surface area (Å²) in [5, 5.41) is 7.15. The molecule has 0 amide bonds. The zero-order chi connectivity index (χ0) is 37.5. The third kappa shape index (κ3) is 5.15. The lowest BCUT2D eigenvalue weighted by Gasteiger charge is -2.10. The monoisotopic (exact) mass is 763 g/mol. The molecule has 0 fully saturated rings. The van der Waals surface area contributed by atoms with Crippen molar-refractivity contribution < 1.29 is 4.42 Å². The molecule has 4 heterocycles. The van der Waals surface area contributed by atoms with Gasteiger partial charge in [0.25, 0.3) is 0 Å². The van der Waals surface area contributed by atoms with E-state index in [2.05, 4.69) is 115 Å². The second-order valence-electron chi connectivity index (χ2n) is 14.3. The Labute approximate surface area is 335 Å². The van der Waals surface area contributed by atoms with Gasteiger partial charge in [-0.05, 0) is 41.5 Å². The van der Waals surface area contributed by atoms with Gasteiger partial charge in [-0.2, -0.15) is 0 Å². The molecule has 0 aliphatic carbocycles. The first-order chi connectivity index (χ1) is 28.2. The molecule has 266 valence electrons. The van der Waals surface area contributed by atoms with Crippen molar-refractivity contribution >= 4 is 85.0 Å². The van der Waals surface area contributed by atoms with Crippen LogP contribution in [0.15, 0.2) is 180 Å². The number of hydrogen-bond acceptors (Lipinski definition) is 6. The molecule has 12 aromatic rings. The van der Waals surface area contributed by atoms with Gasteiger partial charge in [-0.15, -0.1) is 22.7 Å². The van der Waals surface area contributed by atoms with Crippen molar-refractivity contribution in [3.63, 3.8) is 0 Å². The van der Waals surface area contributed by atoms with Gasteiger partial charge in [0.2, 0.25) is 0 Å². The highest BCUT2D eigenvalue weighted by atomic mass is 32.1. The van der Waals surface area contributed by atoms with E-state index in [1.165, 1.54) is 40.5 Å². The molecule has 0 radical (unpaired) electrons. The Hall–Kier alpha value is -6.99. The Morgan fingerprint density at radius 1 is 0.351 bits per heavy atom. The highest BCUT2D eigenvalue weighted by Crippen LogP contribution is 2.47. The van der Waals surface area contributed by atoms with E-state index in [9.17, 15) is 0 Å². The van der Waals surface area contributed by atoms with Crippen molar-refractivity contribution in [1.29, 1.82) is 0 Å². The van der Waals surface area contributed by atoms with Crippen LogP contribution in [0, 0.1) is 0 Å². The summed E-state index contributed by atoms with van der Waals surface area (Å²) in [6.07, 6.45) is 0. The molecule has 6 heteroatoms. The number of fused-ring (bicyclic) bond motifs is 9. The zero-order valence-electron chi connectivity index (χ0n) is 30.3. The molecule has 0 atom stereocenters. The molecule has 0 aliphatic rings. The van der Waals surface area contributed by atoms with Crippen LogP contribution in [0.5, 0.6) is 0 Å². The van der Waals surface area contributed by atoms with Gasteiger partial charge in [-0.25, -0.2) is 15.0 Å². The molecule has 4 nitrogen and oxygen atoms in total. The minimum Gasteiger partial charge on any atom is -0.455 e. The Morgan fingerprint density at radius 3 is 1.79 bits per heavy atom. The molecule has 4 aromatic heterocycles. The van der Waals surface area contributed by atoms with E-state index in [1.54, 1.807) is 11.3 Å².